The maximum Gasteiger partial charge on any atom is 0.254 e. The lowest BCUT2D eigenvalue weighted by molar-refractivity contribution is 0.0708. The van der Waals surface area contributed by atoms with Crippen molar-refractivity contribution in [2.24, 2.45) is 0 Å². The molecule has 144 valence electrons. The molecule has 1 amide bonds. The van der Waals surface area contributed by atoms with Crippen molar-refractivity contribution >= 4 is 28.6 Å². The van der Waals surface area contributed by atoms with Crippen molar-refractivity contribution < 1.29 is 13.2 Å². The Hall–Kier alpha value is -1.83. The molecule has 1 N–H and O–H groups in total. The first-order chi connectivity index (χ1) is 12.9. The smallest absolute Gasteiger partial charge is 0.254 e. The summed E-state index contributed by atoms with van der Waals surface area (Å²) in [5.41, 5.74) is 1.68. The first-order valence-corrected chi connectivity index (χ1v) is 11.0. The maximum atomic E-state index is 12.6. The number of carbonyl (C=O) groups excluding carboxylic acids is 1. The highest BCUT2D eigenvalue weighted by Crippen LogP contribution is 2.20. The number of likely N-dealkylation sites (tertiary alicyclic amines) is 1. The van der Waals surface area contributed by atoms with Gasteiger partial charge in [0, 0.05) is 24.0 Å². The molecule has 1 fully saturated rings. The van der Waals surface area contributed by atoms with Crippen LogP contribution in [-0.4, -0.2) is 38.4 Å². The molecule has 1 aliphatic heterocycles. The molecule has 0 spiro atoms. The van der Waals surface area contributed by atoms with Crippen LogP contribution in [0.2, 0.25) is 0 Å². The number of nitrogens with zero attached hydrogens (tertiary/aromatic N) is 1. The number of rotatable bonds is 5. The van der Waals surface area contributed by atoms with E-state index < -0.39 is 10.0 Å². The van der Waals surface area contributed by atoms with Crippen LogP contribution in [0.1, 0.15) is 35.7 Å². The van der Waals surface area contributed by atoms with Crippen LogP contribution in [-0.2, 0) is 16.4 Å². The molecule has 1 saturated heterocycles. The first-order valence-electron chi connectivity index (χ1n) is 9.09. The quantitative estimate of drug-likeness (QED) is 0.753. The number of hydrogen-bond donors (Lipinski definition) is 2. The maximum absolute atomic E-state index is 12.6. The average Bonchev–Trinajstić information content (AvgIpc) is 2.68. The lowest BCUT2D eigenvalue weighted by Crippen LogP contribution is -2.46. The van der Waals surface area contributed by atoms with Gasteiger partial charge in [0.05, 0.1) is 10.5 Å². The molecule has 1 aliphatic rings. The van der Waals surface area contributed by atoms with Gasteiger partial charge in [-0.05, 0) is 49.1 Å². The monoisotopic (exact) mass is 404 g/mol. The number of aryl methyl sites for hydroxylation is 1. The SMILES string of the molecule is CCc1ccc(S(=O)(=O)NC2CCN(C(=O)c3ccccc3S)CC2)cc1. The zero-order chi connectivity index (χ0) is 19.4. The highest BCUT2D eigenvalue weighted by molar-refractivity contribution is 7.89. The van der Waals surface area contributed by atoms with E-state index in [-0.39, 0.29) is 16.8 Å². The molecule has 3 rings (SSSR count). The van der Waals surface area contributed by atoms with Crippen LogP contribution in [0.3, 0.4) is 0 Å². The van der Waals surface area contributed by atoms with Gasteiger partial charge in [0.2, 0.25) is 10.0 Å². The normalized spacial score (nSPS) is 15.7. The van der Waals surface area contributed by atoms with Gasteiger partial charge in [-0.1, -0.05) is 31.2 Å². The zero-order valence-electron chi connectivity index (χ0n) is 15.3. The fraction of sp³-hybridized carbons (Fsp3) is 0.350. The molecule has 27 heavy (non-hydrogen) atoms. The molecule has 7 heteroatoms. The number of hydrogen-bond acceptors (Lipinski definition) is 4. The molecule has 2 aromatic rings. The number of sulfonamides is 1. The summed E-state index contributed by atoms with van der Waals surface area (Å²) in [5.74, 6) is -0.0583. The van der Waals surface area contributed by atoms with Gasteiger partial charge in [0.15, 0.2) is 0 Å². The summed E-state index contributed by atoms with van der Waals surface area (Å²) in [6.07, 6.45) is 2.05. The number of carbonyl (C=O) groups is 1. The molecule has 0 radical (unpaired) electrons. The number of benzene rings is 2. The zero-order valence-corrected chi connectivity index (χ0v) is 17.0. The topological polar surface area (TPSA) is 66.5 Å². The van der Waals surface area contributed by atoms with Crippen LogP contribution in [0.5, 0.6) is 0 Å². The Labute approximate surface area is 166 Å². The van der Waals surface area contributed by atoms with Crippen LogP contribution in [0.15, 0.2) is 58.3 Å². The highest BCUT2D eigenvalue weighted by Gasteiger charge is 2.27. The Morgan fingerprint density at radius 1 is 1.11 bits per heavy atom. The van der Waals surface area contributed by atoms with Gasteiger partial charge in [-0.3, -0.25) is 4.79 Å². The number of thiol groups is 1. The predicted octanol–water partition coefficient (Wildman–Crippen LogP) is 3.12. The van der Waals surface area contributed by atoms with Gasteiger partial charge >= 0.3 is 0 Å². The Bertz CT molecular complexity index is 903. The van der Waals surface area contributed by atoms with E-state index in [9.17, 15) is 13.2 Å². The number of piperidine rings is 1. The third-order valence-electron chi connectivity index (χ3n) is 4.88. The molecule has 0 atom stereocenters. The molecule has 0 unspecified atom stereocenters. The van der Waals surface area contributed by atoms with E-state index in [0.717, 1.165) is 12.0 Å². The van der Waals surface area contributed by atoms with E-state index in [1.54, 1.807) is 29.2 Å². The average molecular weight is 405 g/mol. The predicted molar refractivity (Wildman–Crippen MR) is 109 cm³/mol. The molecule has 0 saturated carbocycles. The van der Waals surface area contributed by atoms with Crippen LogP contribution in [0, 0.1) is 0 Å². The van der Waals surface area contributed by atoms with Crippen molar-refractivity contribution in [2.45, 2.75) is 42.0 Å². The minimum atomic E-state index is -3.55. The Balaban J connectivity index is 1.60. The summed E-state index contributed by atoms with van der Waals surface area (Å²) in [6, 6.07) is 14.0. The number of amides is 1. The Morgan fingerprint density at radius 2 is 1.74 bits per heavy atom. The van der Waals surface area contributed by atoms with Gasteiger partial charge in [-0.15, -0.1) is 12.6 Å². The molecule has 5 nitrogen and oxygen atoms in total. The van der Waals surface area contributed by atoms with Gasteiger partial charge in [-0.2, -0.15) is 0 Å². The van der Waals surface area contributed by atoms with Gasteiger partial charge in [0.25, 0.3) is 5.91 Å². The fourth-order valence-corrected chi connectivity index (χ4v) is 4.78. The first kappa shape index (κ1) is 19.9. The van der Waals surface area contributed by atoms with Gasteiger partial charge < -0.3 is 4.90 Å². The Morgan fingerprint density at radius 3 is 2.33 bits per heavy atom. The second-order valence-electron chi connectivity index (χ2n) is 6.70. The molecule has 1 heterocycles. The van der Waals surface area contributed by atoms with E-state index >= 15 is 0 Å². The summed E-state index contributed by atoms with van der Waals surface area (Å²) < 4.78 is 27.9. The summed E-state index contributed by atoms with van der Waals surface area (Å²) >= 11 is 4.35. The van der Waals surface area contributed by atoms with Gasteiger partial charge in [0.1, 0.15) is 0 Å². The van der Waals surface area contributed by atoms with Crippen molar-refractivity contribution in [1.29, 1.82) is 0 Å². The highest BCUT2D eigenvalue weighted by atomic mass is 32.2. The lowest BCUT2D eigenvalue weighted by Gasteiger charge is -2.32. The van der Waals surface area contributed by atoms with E-state index in [4.69, 9.17) is 0 Å². The molecular formula is C20H24N2O3S2. The van der Waals surface area contributed by atoms with Crippen LogP contribution < -0.4 is 4.72 Å². The van der Waals surface area contributed by atoms with E-state index in [1.807, 2.05) is 31.2 Å². The Kier molecular flexibility index (Phi) is 6.24. The third-order valence-corrected chi connectivity index (χ3v) is 6.81. The number of nitrogens with one attached hydrogen (secondary N) is 1. The molecule has 0 aliphatic carbocycles. The molecular weight excluding hydrogens is 380 g/mol. The summed E-state index contributed by atoms with van der Waals surface area (Å²) in [6.45, 7) is 3.06. The largest absolute Gasteiger partial charge is 0.338 e. The molecule has 0 bridgehead atoms. The minimum absolute atomic E-state index is 0.0583. The third kappa shape index (κ3) is 4.72. The lowest BCUT2D eigenvalue weighted by atomic mass is 10.0. The van der Waals surface area contributed by atoms with E-state index in [0.29, 0.717) is 36.4 Å². The summed E-state index contributed by atoms with van der Waals surface area (Å²) in [5, 5.41) is 0. The van der Waals surface area contributed by atoms with Crippen molar-refractivity contribution in [1.82, 2.24) is 9.62 Å². The summed E-state index contributed by atoms with van der Waals surface area (Å²) in [4.78, 5) is 15.3. The van der Waals surface area contributed by atoms with Crippen molar-refractivity contribution in [2.75, 3.05) is 13.1 Å². The van der Waals surface area contributed by atoms with Crippen LogP contribution in [0.4, 0.5) is 0 Å². The van der Waals surface area contributed by atoms with Crippen molar-refractivity contribution in [3.05, 3.63) is 59.7 Å². The molecule has 2 aromatic carbocycles. The van der Waals surface area contributed by atoms with Gasteiger partial charge in [-0.25, -0.2) is 13.1 Å². The van der Waals surface area contributed by atoms with E-state index in [1.165, 1.54) is 0 Å². The molecule has 0 aromatic heterocycles. The van der Waals surface area contributed by atoms with Crippen molar-refractivity contribution in [3.63, 3.8) is 0 Å². The van der Waals surface area contributed by atoms with Crippen LogP contribution >= 0.6 is 12.6 Å². The second kappa shape index (κ2) is 8.46. The van der Waals surface area contributed by atoms with Crippen molar-refractivity contribution in [3.8, 4) is 0 Å². The minimum Gasteiger partial charge on any atom is -0.338 e. The standard InChI is InChI=1S/C20H24N2O3S2/c1-2-15-7-9-17(10-8-15)27(24,25)21-16-11-13-22(14-12-16)20(23)18-5-3-4-6-19(18)26/h3-10,16,21,26H,2,11-14H2,1H3. The summed E-state index contributed by atoms with van der Waals surface area (Å²) in [7, 11) is -3.55. The van der Waals surface area contributed by atoms with E-state index in [2.05, 4.69) is 17.4 Å². The fourth-order valence-electron chi connectivity index (χ4n) is 3.22. The second-order valence-corrected chi connectivity index (χ2v) is 8.90. The van der Waals surface area contributed by atoms with Crippen LogP contribution in [0.25, 0.3) is 0 Å².